The van der Waals surface area contributed by atoms with Gasteiger partial charge >= 0.3 is 0 Å². The molecule has 0 N–H and O–H groups in total. The highest BCUT2D eigenvalue weighted by Gasteiger charge is 2.10. The van der Waals surface area contributed by atoms with Crippen molar-refractivity contribution in [1.82, 2.24) is 0 Å². The van der Waals surface area contributed by atoms with Crippen LogP contribution in [0, 0.1) is 5.92 Å². The monoisotopic (exact) mass is 202 g/mol. The van der Waals surface area contributed by atoms with Crippen molar-refractivity contribution in [2.45, 2.75) is 13.8 Å². The lowest BCUT2D eigenvalue weighted by molar-refractivity contribution is 0.413. The first-order valence-electron chi connectivity index (χ1n) is 5.16. The van der Waals surface area contributed by atoms with Crippen molar-refractivity contribution >= 4 is 5.57 Å². The predicted molar refractivity (Wildman–Crippen MR) is 66.0 cm³/mol. The van der Waals surface area contributed by atoms with Crippen LogP contribution >= 0.6 is 0 Å². The molecule has 1 heteroatoms. The van der Waals surface area contributed by atoms with E-state index >= 15 is 0 Å². The van der Waals surface area contributed by atoms with Crippen molar-refractivity contribution < 1.29 is 4.74 Å². The number of rotatable bonds is 4. The molecule has 0 radical (unpaired) electrons. The summed E-state index contributed by atoms with van der Waals surface area (Å²) in [5.74, 6) is 1.37. The summed E-state index contributed by atoms with van der Waals surface area (Å²) in [5.41, 5.74) is 2.40. The predicted octanol–water partition coefficient (Wildman–Crippen LogP) is 3.92. The molecule has 1 aromatic rings. The lowest BCUT2D eigenvalue weighted by atomic mass is 9.94. The third-order valence-electron chi connectivity index (χ3n) is 2.34. The Morgan fingerprint density at radius 1 is 1.33 bits per heavy atom. The number of methoxy groups -OCH3 is 1. The first-order valence-corrected chi connectivity index (χ1v) is 5.16. The molecule has 0 amide bonds. The van der Waals surface area contributed by atoms with Crippen molar-refractivity contribution in [2.24, 2.45) is 5.92 Å². The van der Waals surface area contributed by atoms with Crippen molar-refractivity contribution in [3.63, 3.8) is 0 Å². The Morgan fingerprint density at radius 2 is 2.00 bits per heavy atom. The van der Waals surface area contributed by atoms with Gasteiger partial charge in [0.05, 0.1) is 7.11 Å². The maximum Gasteiger partial charge on any atom is 0.126 e. The number of para-hydroxylation sites is 1. The Balaban J connectivity index is 3.22. The van der Waals surface area contributed by atoms with Gasteiger partial charge in [0.15, 0.2) is 0 Å². The molecular formula is C14H18O. The van der Waals surface area contributed by atoms with Crippen LogP contribution in [-0.4, -0.2) is 7.11 Å². The van der Waals surface area contributed by atoms with Crippen LogP contribution in [0.25, 0.3) is 5.57 Å². The third-order valence-corrected chi connectivity index (χ3v) is 2.34. The van der Waals surface area contributed by atoms with Crippen LogP contribution in [0.15, 0.2) is 43.0 Å². The second-order valence-electron chi connectivity index (χ2n) is 3.71. The van der Waals surface area contributed by atoms with Crippen LogP contribution in [-0.2, 0) is 0 Å². The fourth-order valence-electron chi connectivity index (χ4n) is 1.60. The van der Waals surface area contributed by atoms with E-state index in [-0.39, 0.29) is 0 Å². The fourth-order valence-corrected chi connectivity index (χ4v) is 1.60. The molecule has 0 heterocycles. The number of hydrogen-bond donors (Lipinski definition) is 0. The fraction of sp³-hybridized carbons (Fsp3) is 0.286. The maximum atomic E-state index is 5.35. The van der Waals surface area contributed by atoms with Gasteiger partial charge in [-0.2, -0.15) is 0 Å². The standard InChI is InChI=1S/C14H18O/c1-5-8-12(11(2)3)13-9-6-7-10-14(13)15-4/h5-11H,1H2,2-4H3/b12-8+. The molecule has 0 aliphatic rings. The second kappa shape index (κ2) is 5.40. The van der Waals surface area contributed by atoms with Gasteiger partial charge in [0.1, 0.15) is 5.75 Å². The van der Waals surface area contributed by atoms with Crippen LogP contribution < -0.4 is 4.74 Å². The Bertz CT molecular complexity index is 361. The van der Waals surface area contributed by atoms with E-state index in [1.807, 2.05) is 30.4 Å². The first-order chi connectivity index (χ1) is 7.20. The molecule has 1 aromatic carbocycles. The molecule has 0 unspecified atom stereocenters. The van der Waals surface area contributed by atoms with Crippen molar-refractivity contribution in [2.75, 3.05) is 7.11 Å². The Kier molecular flexibility index (Phi) is 4.17. The minimum absolute atomic E-state index is 0.458. The average Bonchev–Trinajstić information content (AvgIpc) is 2.25. The van der Waals surface area contributed by atoms with Crippen molar-refractivity contribution in [3.05, 3.63) is 48.6 Å². The van der Waals surface area contributed by atoms with Crippen LogP contribution in [0.5, 0.6) is 5.75 Å². The lowest BCUT2D eigenvalue weighted by Crippen LogP contribution is -1.96. The molecule has 80 valence electrons. The Morgan fingerprint density at radius 3 is 2.53 bits per heavy atom. The summed E-state index contributed by atoms with van der Waals surface area (Å²) in [7, 11) is 1.70. The van der Waals surface area contributed by atoms with Crippen LogP contribution in [0.1, 0.15) is 19.4 Å². The zero-order chi connectivity index (χ0) is 11.3. The van der Waals surface area contributed by atoms with Gasteiger partial charge in [-0.1, -0.05) is 50.8 Å². The first kappa shape index (κ1) is 11.6. The summed E-state index contributed by atoms with van der Waals surface area (Å²) in [6.45, 7) is 8.08. The van der Waals surface area contributed by atoms with E-state index in [4.69, 9.17) is 4.74 Å². The Hall–Kier alpha value is -1.50. The van der Waals surface area contributed by atoms with Crippen LogP contribution in [0.4, 0.5) is 0 Å². The smallest absolute Gasteiger partial charge is 0.126 e. The van der Waals surface area contributed by atoms with Gasteiger partial charge < -0.3 is 4.74 Å². The minimum Gasteiger partial charge on any atom is -0.496 e. The van der Waals surface area contributed by atoms with Crippen molar-refractivity contribution in [3.8, 4) is 5.75 Å². The van der Waals surface area contributed by atoms with E-state index < -0.39 is 0 Å². The number of benzene rings is 1. The molecule has 0 bridgehead atoms. The molecule has 1 rings (SSSR count). The lowest BCUT2D eigenvalue weighted by Gasteiger charge is -2.14. The summed E-state index contributed by atoms with van der Waals surface area (Å²) in [5, 5.41) is 0. The normalized spacial score (nSPS) is 11.6. The van der Waals surface area contributed by atoms with E-state index in [1.54, 1.807) is 7.11 Å². The molecule has 0 saturated heterocycles. The SMILES string of the molecule is C=C/C=C(/c1ccccc1OC)C(C)C. The largest absolute Gasteiger partial charge is 0.496 e. The maximum absolute atomic E-state index is 5.35. The van der Waals surface area contributed by atoms with Gasteiger partial charge in [-0.15, -0.1) is 0 Å². The molecule has 0 atom stereocenters. The molecule has 0 aliphatic carbocycles. The van der Waals surface area contributed by atoms with Gasteiger partial charge in [0.2, 0.25) is 0 Å². The van der Waals surface area contributed by atoms with E-state index in [2.05, 4.69) is 26.5 Å². The van der Waals surface area contributed by atoms with Crippen molar-refractivity contribution in [1.29, 1.82) is 0 Å². The second-order valence-corrected chi connectivity index (χ2v) is 3.71. The van der Waals surface area contributed by atoms with Crippen LogP contribution in [0.2, 0.25) is 0 Å². The molecule has 0 aromatic heterocycles. The number of ether oxygens (including phenoxy) is 1. The number of allylic oxidation sites excluding steroid dienone is 3. The average molecular weight is 202 g/mol. The molecule has 1 nitrogen and oxygen atoms in total. The minimum atomic E-state index is 0.458. The van der Waals surface area contributed by atoms with E-state index in [0.29, 0.717) is 5.92 Å². The number of hydrogen-bond acceptors (Lipinski definition) is 1. The topological polar surface area (TPSA) is 9.23 Å². The highest BCUT2D eigenvalue weighted by atomic mass is 16.5. The summed E-state index contributed by atoms with van der Waals surface area (Å²) < 4.78 is 5.35. The van der Waals surface area contributed by atoms with E-state index in [1.165, 1.54) is 5.57 Å². The van der Waals surface area contributed by atoms with Gasteiger partial charge in [-0.3, -0.25) is 0 Å². The highest BCUT2D eigenvalue weighted by molar-refractivity contribution is 5.72. The zero-order valence-electron chi connectivity index (χ0n) is 9.66. The third kappa shape index (κ3) is 2.72. The summed E-state index contributed by atoms with van der Waals surface area (Å²) in [6, 6.07) is 8.06. The summed E-state index contributed by atoms with van der Waals surface area (Å²) in [4.78, 5) is 0. The molecular weight excluding hydrogens is 184 g/mol. The quantitative estimate of drug-likeness (QED) is 0.672. The van der Waals surface area contributed by atoms with E-state index in [0.717, 1.165) is 11.3 Å². The summed E-state index contributed by atoms with van der Waals surface area (Å²) in [6.07, 6.45) is 3.87. The summed E-state index contributed by atoms with van der Waals surface area (Å²) >= 11 is 0. The molecule has 0 fully saturated rings. The Labute approximate surface area is 92.1 Å². The van der Waals surface area contributed by atoms with Gasteiger partial charge in [0.25, 0.3) is 0 Å². The van der Waals surface area contributed by atoms with E-state index in [9.17, 15) is 0 Å². The molecule has 0 spiro atoms. The molecule has 0 saturated carbocycles. The van der Waals surface area contributed by atoms with Gasteiger partial charge in [-0.25, -0.2) is 0 Å². The molecule has 0 aliphatic heterocycles. The zero-order valence-corrected chi connectivity index (χ0v) is 9.66. The van der Waals surface area contributed by atoms with Crippen LogP contribution in [0.3, 0.4) is 0 Å². The van der Waals surface area contributed by atoms with Gasteiger partial charge in [0, 0.05) is 5.56 Å². The molecule has 15 heavy (non-hydrogen) atoms. The highest BCUT2D eigenvalue weighted by Crippen LogP contribution is 2.30. The van der Waals surface area contributed by atoms with Gasteiger partial charge in [-0.05, 0) is 17.6 Å².